The van der Waals surface area contributed by atoms with Crippen LogP contribution in [0.5, 0.6) is 5.75 Å². The molecule has 0 saturated carbocycles. The number of carbonyl (C=O) groups excluding carboxylic acids is 2. The molecule has 2 aliphatic rings. The van der Waals surface area contributed by atoms with Crippen molar-refractivity contribution in [3.05, 3.63) is 46.2 Å². The molecule has 0 aromatic heterocycles. The van der Waals surface area contributed by atoms with Crippen LogP contribution in [0, 0.1) is 0 Å². The van der Waals surface area contributed by atoms with E-state index in [-0.39, 0.29) is 22.5 Å². The monoisotopic (exact) mass is 424 g/mol. The van der Waals surface area contributed by atoms with Crippen LogP contribution in [0.4, 0.5) is 0 Å². The average Bonchev–Trinajstić information content (AvgIpc) is 3.08. The molecule has 0 aliphatic carbocycles. The molecule has 142 valence electrons. The largest absolute Gasteiger partial charge is 0.497 e. The highest BCUT2D eigenvalue weighted by atomic mass is 32.2. The van der Waals surface area contributed by atoms with E-state index in [1.165, 1.54) is 11.0 Å². The fourth-order valence-electron chi connectivity index (χ4n) is 2.58. The molecule has 1 aromatic carbocycles. The fourth-order valence-corrected chi connectivity index (χ4v) is 5.07. The molecule has 2 aliphatic heterocycles. The van der Waals surface area contributed by atoms with Gasteiger partial charge in [-0.05, 0) is 29.8 Å². The van der Waals surface area contributed by atoms with Crippen LogP contribution in [0.25, 0.3) is 6.08 Å². The van der Waals surface area contributed by atoms with Crippen LogP contribution in [0.3, 0.4) is 0 Å². The summed E-state index contributed by atoms with van der Waals surface area (Å²) in [5, 5.41) is 3.66. The second-order valence-corrected chi connectivity index (χ2v) is 9.48. The third-order valence-corrected chi connectivity index (χ3v) is 6.62. The summed E-state index contributed by atoms with van der Waals surface area (Å²) >= 11 is 6.32. The van der Waals surface area contributed by atoms with Gasteiger partial charge in [0.15, 0.2) is 9.84 Å². The van der Waals surface area contributed by atoms with Gasteiger partial charge in [0.2, 0.25) is 5.91 Å². The predicted molar refractivity (Wildman–Crippen MR) is 108 cm³/mol. The van der Waals surface area contributed by atoms with E-state index in [1.54, 1.807) is 25.3 Å². The van der Waals surface area contributed by atoms with Crippen molar-refractivity contribution < 1.29 is 22.7 Å². The van der Waals surface area contributed by atoms with Crippen molar-refractivity contribution in [1.29, 1.82) is 0 Å². The molecule has 0 spiro atoms. The van der Waals surface area contributed by atoms with Crippen molar-refractivity contribution in [2.24, 2.45) is 0 Å². The smallest absolute Gasteiger partial charge is 0.266 e. The normalized spacial score (nSPS) is 22.5. The minimum atomic E-state index is -3.26. The molecule has 1 aromatic rings. The lowest BCUT2D eigenvalue weighted by Crippen LogP contribution is -2.43. The number of carbonyl (C=O) groups is 2. The molecular weight excluding hydrogens is 408 g/mol. The molecule has 1 saturated heterocycles. The number of benzene rings is 1. The molecule has 0 unspecified atom stereocenters. The standard InChI is InChI=1S/C17H16N2O5S3/c1-24-13-4-2-3-11(7-13)8-14-16(21)19(17(25)26-14)9-15(20)18-12-5-6-27(22,23)10-12/h2-8,12H,9-10H2,1H3,(H,18,20)/b14-8-/t12-/m1/s1. The number of thiocarbonyl (C=S) groups is 1. The van der Waals surface area contributed by atoms with Gasteiger partial charge in [0.1, 0.15) is 16.6 Å². The van der Waals surface area contributed by atoms with Crippen molar-refractivity contribution in [1.82, 2.24) is 10.2 Å². The number of methoxy groups -OCH3 is 1. The Morgan fingerprint density at radius 3 is 2.93 bits per heavy atom. The first kappa shape index (κ1) is 19.6. The van der Waals surface area contributed by atoms with Crippen LogP contribution in [0.1, 0.15) is 5.56 Å². The third kappa shape index (κ3) is 4.76. The van der Waals surface area contributed by atoms with E-state index in [9.17, 15) is 18.0 Å². The van der Waals surface area contributed by atoms with Crippen molar-refractivity contribution in [2.45, 2.75) is 6.04 Å². The van der Waals surface area contributed by atoms with Crippen molar-refractivity contribution >= 4 is 56.0 Å². The van der Waals surface area contributed by atoms with Gasteiger partial charge >= 0.3 is 0 Å². The number of thioether (sulfide) groups is 1. The number of nitrogens with one attached hydrogen (secondary N) is 1. The molecule has 7 nitrogen and oxygen atoms in total. The van der Waals surface area contributed by atoms with E-state index in [4.69, 9.17) is 17.0 Å². The second-order valence-electron chi connectivity index (χ2n) is 5.88. The first-order valence-electron chi connectivity index (χ1n) is 7.87. The van der Waals surface area contributed by atoms with Crippen LogP contribution in [-0.4, -0.2) is 54.9 Å². The number of rotatable bonds is 5. The molecule has 27 heavy (non-hydrogen) atoms. The highest BCUT2D eigenvalue weighted by molar-refractivity contribution is 8.26. The predicted octanol–water partition coefficient (Wildman–Crippen LogP) is 1.32. The molecule has 1 atom stereocenters. The van der Waals surface area contributed by atoms with Gasteiger partial charge in [0.25, 0.3) is 5.91 Å². The van der Waals surface area contributed by atoms with Crippen molar-refractivity contribution in [3.8, 4) is 5.75 Å². The lowest BCUT2D eigenvalue weighted by atomic mass is 10.2. The van der Waals surface area contributed by atoms with Crippen molar-refractivity contribution in [3.63, 3.8) is 0 Å². The van der Waals surface area contributed by atoms with E-state index in [2.05, 4.69) is 5.32 Å². The number of hydrogen-bond acceptors (Lipinski definition) is 7. The Bertz CT molecular complexity index is 969. The van der Waals surface area contributed by atoms with Gasteiger partial charge in [-0.2, -0.15) is 0 Å². The Morgan fingerprint density at radius 2 is 2.26 bits per heavy atom. The van der Waals surface area contributed by atoms with Gasteiger partial charge in [-0.3, -0.25) is 14.5 Å². The highest BCUT2D eigenvalue weighted by Gasteiger charge is 2.34. The van der Waals surface area contributed by atoms with E-state index >= 15 is 0 Å². The van der Waals surface area contributed by atoms with Crippen LogP contribution in [-0.2, 0) is 19.4 Å². The topological polar surface area (TPSA) is 92.8 Å². The van der Waals surface area contributed by atoms with Gasteiger partial charge in [0.05, 0.1) is 23.8 Å². The summed E-state index contributed by atoms with van der Waals surface area (Å²) in [4.78, 5) is 26.4. The Morgan fingerprint density at radius 1 is 1.48 bits per heavy atom. The highest BCUT2D eigenvalue weighted by Crippen LogP contribution is 2.32. The Hall–Kier alpha value is -2.17. The van der Waals surface area contributed by atoms with Crippen LogP contribution >= 0.6 is 24.0 Å². The summed E-state index contributed by atoms with van der Waals surface area (Å²) in [5.74, 6) is -0.344. The summed E-state index contributed by atoms with van der Waals surface area (Å²) in [5.41, 5.74) is 0.778. The van der Waals surface area contributed by atoms with Crippen LogP contribution < -0.4 is 10.1 Å². The molecule has 1 fully saturated rings. The quantitative estimate of drug-likeness (QED) is 0.563. The van der Waals surface area contributed by atoms with E-state index < -0.39 is 21.8 Å². The summed E-state index contributed by atoms with van der Waals surface area (Å²) in [6.07, 6.45) is 3.10. The zero-order chi connectivity index (χ0) is 19.6. The lowest BCUT2D eigenvalue weighted by Gasteiger charge is -2.16. The Balaban J connectivity index is 1.66. The molecule has 0 radical (unpaired) electrons. The SMILES string of the molecule is COc1cccc(/C=C2\SC(=S)N(CC(=O)N[C@@H]3C=CS(=O)(=O)C3)C2=O)c1. The van der Waals surface area contributed by atoms with Crippen molar-refractivity contribution in [2.75, 3.05) is 19.4 Å². The maximum Gasteiger partial charge on any atom is 0.266 e. The van der Waals surface area contributed by atoms with Crippen LogP contribution in [0.15, 0.2) is 40.7 Å². The third-order valence-electron chi connectivity index (χ3n) is 3.84. The van der Waals surface area contributed by atoms with E-state index in [1.807, 2.05) is 12.1 Å². The second kappa shape index (κ2) is 7.83. The molecule has 0 bridgehead atoms. The van der Waals surface area contributed by atoms with Gasteiger partial charge in [0, 0.05) is 5.41 Å². The minimum absolute atomic E-state index is 0.174. The minimum Gasteiger partial charge on any atom is -0.497 e. The van der Waals surface area contributed by atoms with E-state index in [0.29, 0.717) is 10.7 Å². The maximum atomic E-state index is 12.6. The molecule has 2 amide bonds. The zero-order valence-electron chi connectivity index (χ0n) is 14.2. The lowest BCUT2D eigenvalue weighted by molar-refractivity contribution is -0.128. The number of sulfone groups is 1. The summed E-state index contributed by atoms with van der Waals surface area (Å²) in [6, 6.07) is 6.63. The summed E-state index contributed by atoms with van der Waals surface area (Å²) < 4.78 is 28.2. The van der Waals surface area contributed by atoms with Gasteiger partial charge in [-0.15, -0.1) is 0 Å². The fraction of sp³-hybridized carbons (Fsp3) is 0.235. The van der Waals surface area contributed by atoms with Gasteiger partial charge < -0.3 is 10.1 Å². The molecular formula is C17H16N2O5S3. The van der Waals surface area contributed by atoms with Gasteiger partial charge in [-0.25, -0.2) is 8.42 Å². The zero-order valence-corrected chi connectivity index (χ0v) is 16.7. The van der Waals surface area contributed by atoms with E-state index in [0.717, 1.165) is 22.7 Å². The maximum absolute atomic E-state index is 12.6. The number of amides is 2. The first-order chi connectivity index (χ1) is 12.8. The first-order valence-corrected chi connectivity index (χ1v) is 10.8. The number of ether oxygens (including phenoxy) is 1. The van der Waals surface area contributed by atoms with Crippen LogP contribution in [0.2, 0.25) is 0 Å². The Kier molecular flexibility index (Phi) is 5.68. The number of nitrogens with zero attached hydrogens (tertiary/aromatic N) is 1. The molecule has 10 heteroatoms. The van der Waals surface area contributed by atoms with Gasteiger partial charge in [-0.1, -0.05) is 36.1 Å². The summed E-state index contributed by atoms with van der Waals surface area (Å²) in [7, 11) is -1.71. The molecule has 2 heterocycles. The molecule has 3 rings (SSSR count). The summed E-state index contributed by atoms with van der Waals surface area (Å²) in [6.45, 7) is -0.259. The molecule has 1 N–H and O–H groups in total. The number of hydrogen-bond donors (Lipinski definition) is 1. The Labute approximate surface area is 166 Å². The average molecular weight is 425 g/mol.